The molecule has 12 heteroatoms. The molecule has 4 aromatic rings. The molecule has 35 heavy (non-hydrogen) atoms. The molecule has 3 amide bonds. The van der Waals surface area contributed by atoms with Crippen molar-refractivity contribution in [3.63, 3.8) is 0 Å². The average Bonchev–Trinajstić information content (AvgIpc) is 3.30. The lowest BCUT2D eigenvalue weighted by Gasteiger charge is -2.14. The van der Waals surface area contributed by atoms with E-state index in [1.807, 2.05) is 0 Å². The molecular formula is C23H22N6O6. The fraction of sp³-hybridized carbons (Fsp3) is 0.174. The van der Waals surface area contributed by atoms with Crippen LogP contribution in [0, 0.1) is 0 Å². The Balaban J connectivity index is 1.53. The van der Waals surface area contributed by atoms with Crippen LogP contribution in [0.15, 0.2) is 48.9 Å². The Morgan fingerprint density at radius 1 is 0.886 bits per heavy atom. The summed E-state index contributed by atoms with van der Waals surface area (Å²) < 4.78 is 23.5. The van der Waals surface area contributed by atoms with E-state index in [-0.39, 0.29) is 5.82 Å². The first-order valence-corrected chi connectivity index (χ1v) is 10.3. The molecule has 0 atom stereocenters. The van der Waals surface area contributed by atoms with Crippen molar-refractivity contribution in [3.05, 3.63) is 54.7 Å². The van der Waals surface area contributed by atoms with Crippen molar-refractivity contribution in [1.82, 2.24) is 25.1 Å². The van der Waals surface area contributed by atoms with Crippen molar-refractivity contribution >= 4 is 28.5 Å². The van der Waals surface area contributed by atoms with Crippen LogP contribution in [0.3, 0.4) is 0 Å². The number of aryl methyl sites for hydroxylation is 1. The molecule has 0 saturated heterocycles. The largest absolute Gasteiger partial charge is 0.494 e. The zero-order valence-corrected chi connectivity index (χ0v) is 19.4. The van der Waals surface area contributed by atoms with E-state index in [9.17, 15) is 9.59 Å². The van der Waals surface area contributed by atoms with E-state index in [1.54, 1.807) is 63.9 Å². The number of aromatic nitrogens is 4. The minimum Gasteiger partial charge on any atom is -0.494 e. The van der Waals surface area contributed by atoms with Gasteiger partial charge in [0.05, 0.1) is 32.5 Å². The van der Waals surface area contributed by atoms with Crippen LogP contribution in [0.5, 0.6) is 28.7 Å². The lowest BCUT2D eigenvalue weighted by Crippen LogP contribution is -2.35. The molecule has 4 rings (SSSR count). The zero-order valence-electron chi connectivity index (χ0n) is 19.4. The number of nitrogens with zero attached hydrogens (tertiary/aromatic N) is 4. The topological polar surface area (TPSA) is 139 Å². The molecule has 0 aliphatic heterocycles. The van der Waals surface area contributed by atoms with Crippen LogP contribution in [0.25, 0.3) is 10.9 Å². The van der Waals surface area contributed by atoms with Gasteiger partial charge in [-0.2, -0.15) is 0 Å². The smallest absolute Gasteiger partial charge is 0.326 e. The third-order valence-corrected chi connectivity index (χ3v) is 4.89. The zero-order chi connectivity index (χ0) is 24.9. The van der Waals surface area contributed by atoms with Gasteiger partial charge in [-0.05, 0) is 24.3 Å². The summed E-state index contributed by atoms with van der Waals surface area (Å²) in [6, 6.07) is 9.33. The minimum atomic E-state index is -0.768. The minimum absolute atomic E-state index is 0.128. The number of anilines is 1. The molecule has 2 aromatic carbocycles. The number of amides is 3. The second-order valence-corrected chi connectivity index (χ2v) is 7.15. The number of carbonyl (C=O) groups excluding carboxylic acids is 2. The van der Waals surface area contributed by atoms with Gasteiger partial charge < -0.3 is 24.3 Å². The van der Waals surface area contributed by atoms with Crippen molar-refractivity contribution in [2.75, 3.05) is 26.6 Å². The lowest BCUT2D eigenvalue weighted by atomic mass is 10.2. The second-order valence-electron chi connectivity index (χ2n) is 7.15. The van der Waals surface area contributed by atoms with Crippen molar-refractivity contribution in [3.8, 4) is 28.7 Å². The number of hydrogen-bond donors (Lipinski definition) is 2. The number of imide groups is 1. The van der Waals surface area contributed by atoms with Crippen LogP contribution in [-0.2, 0) is 7.05 Å². The highest BCUT2D eigenvalue weighted by atomic mass is 16.5. The van der Waals surface area contributed by atoms with E-state index < -0.39 is 11.9 Å². The van der Waals surface area contributed by atoms with Gasteiger partial charge in [-0.1, -0.05) is 0 Å². The van der Waals surface area contributed by atoms with E-state index in [2.05, 4.69) is 25.7 Å². The highest BCUT2D eigenvalue weighted by Gasteiger charge is 2.17. The predicted octanol–water partition coefficient (Wildman–Crippen LogP) is 3.14. The predicted molar refractivity (Wildman–Crippen MR) is 125 cm³/mol. The molecule has 0 saturated carbocycles. The van der Waals surface area contributed by atoms with Gasteiger partial charge in [0.15, 0.2) is 11.5 Å². The SMILES string of the molecule is COc1cc(Oc2ccnc3cc(OC)c(OC)cc23)ccc1NC(=O)NC(=O)c1ncn(C)n1. The Hall–Kier alpha value is -4.87. The summed E-state index contributed by atoms with van der Waals surface area (Å²) in [7, 11) is 6.16. The number of nitrogens with one attached hydrogen (secondary N) is 2. The van der Waals surface area contributed by atoms with Gasteiger partial charge in [0.25, 0.3) is 5.91 Å². The van der Waals surface area contributed by atoms with Crippen LogP contribution in [-0.4, -0.2) is 53.0 Å². The van der Waals surface area contributed by atoms with Crippen LogP contribution < -0.4 is 29.6 Å². The van der Waals surface area contributed by atoms with E-state index in [0.717, 1.165) is 0 Å². The summed E-state index contributed by atoms with van der Waals surface area (Å²) in [4.78, 5) is 32.5. The van der Waals surface area contributed by atoms with E-state index in [1.165, 1.54) is 18.1 Å². The van der Waals surface area contributed by atoms with Crippen LogP contribution in [0.4, 0.5) is 10.5 Å². The maximum Gasteiger partial charge on any atom is 0.326 e. The Labute approximate surface area is 199 Å². The number of carbonyl (C=O) groups is 2. The summed E-state index contributed by atoms with van der Waals surface area (Å²) in [5.74, 6) is 1.53. The van der Waals surface area contributed by atoms with Gasteiger partial charge >= 0.3 is 6.03 Å². The fourth-order valence-electron chi connectivity index (χ4n) is 3.26. The molecule has 0 aliphatic carbocycles. The number of ether oxygens (including phenoxy) is 4. The lowest BCUT2D eigenvalue weighted by molar-refractivity contribution is 0.0956. The molecule has 0 aliphatic rings. The van der Waals surface area contributed by atoms with E-state index >= 15 is 0 Å². The molecule has 180 valence electrons. The normalized spacial score (nSPS) is 10.5. The van der Waals surface area contributed by atoms with Crippen LogP contribution >= 0.6 is 0 Å². The molecule has 0 unspecified atom stereocenters. The summed E-state index contributed by atoms with van der Waals surface area (Å²) in [5.41, 5.74) is 0.985. The summed E-state index contributed by atoms with van der Waals surface area (Å²) >= 11 is 0. The number of fused-ring (bicyclic) bond motifs is 1. The third-order valence-electron chi connectivity index (χ3n) is 4.89. The first kappa shape index (κ1) is 23.3. The quantitative estimate of drug-likeness (QED) is 0.410. The number of methoxy groups -OCH3 is 3. The molecule has 0 fully saturated rings. The number of benzene rings is 2. The molecule has 2 aromatic heterocycles. The number of hydrogen-bond acceptors (Lipinski definition) is 9. The van der Waals surface area contributed by atoms with Gasteiger partial charge in [-0.3, -0.25) is 19.8 Å². The molecular weight excluding hydrogens is 456 g/mol. The van der Waals surface area contributed by atoms with Crippen LogP contribution in [0.2, 0.25) is 0 Å². The van der Waals surface area contributed by atoms with E-state index in [4.69, 9.17) is 18.9 Å². The summed E-state index contributed by atoms with van der Waals surface area (Å²) in [5, 5.41) is 9.29. The molecule has 0 radical (unpaired) electrons. The monoisotopic (exact) mass is 478 g/mol. The second kappa shape index (κ2) is 9.95. The van der Waals surface area contributed by atoms with Gasteiger partial charge in [0.1, 0.15) is 23.6 Å². The van der Waals surface area contributed by atoms with Crippen molar-refractivity contribution in [1.29, 1.82) is 0 Å². The van der Waals surface area contributed by atoms with Crippen molar-refractivity contribution in [2.24, 2.45) is 7.05 Å². The highest BCUT2D eigenvalue weighted by molar-refractivity contribution is 6.06. The van der Waals surface area contributed by atoms with Gasteiger partial charge in [-0.25, -0.2) is 9.78 Å². The van der Waals surface area contributed by atoms with Crippen molar-refractivity contribution in [2.45, 2.75) is 0 Å². The van der Waals surface area contributed by atoms with E-state index in [0.29, 0.717) is 45.3 Å². The molecule has 2 N–H and O–H groups in total. The van der Waals surface area contributed by atoms with Gasteiger partial charge in [-0.15, -0.1) is 5.10 Å². The average molecular weight is 478 g/mol. The number of urea groups is 1. The van der Waals surface area contributed by atoms with Gasteiger partial charge in [0, 0.05) is 30.8 Å². The first-order valence-electron chi connectivity index (χ1n) is 10.3. The molecule has 0 bridgehead atoms. The molecule has 0 spiro atoms. The Bertz CT molecular complexity index is 1400. The maximum atomic E-state index is 12.3. The Morgan fingerprint density at radius 3 is 2.31 bits per heavy atom. The maximum absolute atomic E-state index is 12.3. The standard InChI is InChI=1S/C23H22N6O6/c1-29-12-25-21(28-29)22(30)27-23(31)26-15-6-5-13(9-18(15)32-2)35-17-7-8-24-16-11-20(34-4)19(33-3)10-14(16)17/h5-12H,1-4H3,(H2,26,27,30,31). The molecule has 12 nitrogen and oxygen atoms in total. The van der Waals surface area contributed by atoms with Gasteiger partial charge in [0.2, 0.25) is 5.82 Å². The van der Waals surface area contributed by atoms with Crippen molar-refractivity contribution < 1.29 is 28.5 Å². The summed E-state index contributed by atoms with van der Waals surface area (Å²) in [6.07, 6.45) is 2.97. The number of rotatable bonds is 7. The summed E-state index contributed by atoms with van der Waals surface area (Å²) in [6.45, 7) is 0. The first-order chi connectivity index (χ1) is 16.9. The third kappa shape index (κ3) is 5.05. The number of pyridine rings is 1. The highest BCUT2D eigenvalue weighted by Crippen LogP contribution is 2.38. The molecule has 2 heterocycles. The Morgan fingerprint density at radius 2 is 1.63 bits per heavy atom. The Kier molecular flexibility index (Phi) is 6.62. The van der Waals surface area contributed by atoms with Crippen LogP contribution in [0.1, 0.15) is 10.6 Å². The fourth-order valence-corrected chi connectivity index (χ4v) is 3.26.